The van der Waals surface area contributed by atoms with Gasteiger partial charge in [-0.15, -0.1) is 10.2 Å². The van der Waals surface area contributed by atoms with E-state index in [1.165, 1.54) is 7.11 Å². The van der Waals surface area contributed by atoms with Crippen LogP contribution in [0.3, 0.4) is 0 Å². The van der Waals surface area contributed by atoms with Gasteiger partial charge in [-0.3, -0.25) is 9.48 Å². The number of aromatic nitrogens is 4. The van der Waals surface area contributed by atoms with Gasteiger partial charge >= 0.3 is 5.97 Å². The first-order chi connectivity index (χ1) is 9.01. The lowest BCUT2D eigenvalue weighted by Crippen LogP contribution is -2.08. The number of hydrogen-bond acceptors (Lipinski definition) is 6. The minimum absolute atomic E-state index is 0.0297. The first kappa shape index (κ1) is 13.7. The van der Waals surface area contributed by atoms with E-state index in [4.69, 9.17) is 4.42 Å². The van der Waals surface area contributed by atoms with Gasteiger partial charge in [-0.25, -0.2) is 0 Å². The van der Waals surface area contributed by atoms with Crippen LogP contribution in [0.2, 0.25) is 0 Å². The lowest BCUT2D eigenvalue weighted by atomic mass is 10.3. The molecule has 0 bridgehead atoms. The Hall–Kier alpha value is -1.70. The molecule has 0 amide bonds. The monoisotopic (exact) mass is 328 g/mol. The molecule has 0 saturated carbocycles. The number of carbonyl (C=O) groups excluding carboxylic acids is 1. The molecule has 0 aliphatic heterocycles. The van der Waals surface area contributed by atoms with E-state index in [-0.39, 0.29) is 18.4 Å². The van der Waals surface area contributed by atoms with Crippen LogP contribution < -0.4 is 0 Å². The molecule has 8 heteroatoms. The number of nitrogens with zero attached hydrogens (tertiary/aromatic N) is 4. The summed E-state index contributed by atoms with van der Waals surface area (Å²) >= 11 is 3.39. The van der Waals surface area contributed by atoms with Gasteiger partial charge in [0.15, 0.2) is 0 Å². The van der Waals surface area contributed by atoms with Crippen molar-refractivity contribution in [3.8, 4) is 0 Å². The molecule has 102 valence electrons. The van der Waals surface area contributed by atoms with E-state index in [1.807, 2.05) is 20.0 Å². The summed E-state index contributed by atoms with van der Waals surface area (Å²) in [7, 11) is 1.31. The number of rotatable bonds is 4. The fourth-order valence-electron chi connectivity index (χ4n) is 1.47. The van der Waals surface area contributed by atoms with Crippen molar-refractivity contribution in [2.24, 2.45) is 0 Å². The number of halogens is 1. The Bertz CT molecular complexity index is 573. The maximum absolute atomic E-state index is 11.1. The Kier molecular flexibility index (Phi) is 3.98. The summed E-state index contributed by atoms with van der Waals surface area (Å²) in [6.45, 7) is 3.78. The molecular formula is C11H13BrN4O3. The van der Waals surface area contributed by atoms with Gasteiger partial charge in [-0.05, 0) is 29.8 Å². The van der Waals surface area contributed by atoms with E-state index < -0.39 is 5.97 Å². The van der Waals surface area contributed by atoms with Crippen LogP contribution in [0.15, 0.2) is 15.1 Å². The maximum Gasteiger partial charge on any atom is 0.315 e. The van der Waals surface area contributed by atoms with E-state index >= 15 is 0 Å². The van der Waals surface area contributed by atoms with Crippen LogP contribution in [0.4, 0.5) is 0 Å². The largest absolute Gasteiger partial charge is 0.469 e. The fraction of sp³-hybridized carbons (Fsp3) is 0.455. The molecule has 2 aromatic heterocycles. The topological polar surface area (TPSA) is 83.0 Å². The van der Waals surface area contributed by atoms with Crippen LogP contribution in [0.1, 0.15) is 30.4 Å². The molecule has 2 aromatic rings. The minimum Gasteiger partial charge on any atom is -0.469 e. The first-order valence-corrected chi connectivity index (χ1v) is 6.41. The molecule has 0 spiro atoms. The van der Waals surface area contributed by atoms with Gasteiger partial charge in [0.05, 0.1) is 17.3 Å². The van der Waals surface area contributed by atoms with E-state index in [0.717, 1.165) is 10.2 Å². The zero-order valence-electron chi connectivity index (χ0n) is 10.8. The Morgan fingerprint density at radius 2 is 2.32 bits per heavy atom. The molecule has 0 N–H and O–H groups in total. The van der Waals surface area contributed by atoms with Crippen molar-refractivity contribution in [3.05, 3.63) is 28.1 Å². The molecule has 19 heavy (non-hydrogen) atoms. The second-order valence-corrected chi connectivity index (χ2v) is 4.86. The van der Waals surface area contributed by atoms with Crippen LogP contribution in [0, 0.1) is 6.92 Å². The summed E-state index contributed by atoms with van der Waals surface area (Å²) in [4.78, 5) is 11.1. The van der Waals surface area contributed by atoms with E-state index in [1.54, 1.807) is 4.68 Å². The molecule has 0 radical (unpaired) electrons. The SMILES string of the molecule is COC(=O)Cc1nnc(C(C)n2cc(Br)c(C)n2)o1. The molecule has 2 heterocycles. The van der Waals surface area contributed by atoms with Crippen molar-refractivity contribution in [2.75, 3.05) is 7.11 Å². The maximum atomic E-state index is 11.1. The molecule has 1 atom stereocenters. The van der Waals surface area contributed by atoms with Crippen LogP contribution in [-0.2, 0) is 16.0 Å². The summed E-state index contributed by atoms with van der Waals surface area (Å²) in [5.41, 5.74) is 0.876. The summed E-state index contributed by atoms with van der Waals surface area (Å²) in [5.74, 6) is 0.214. The standard InChI is InChI=1S/C11H13BrN4O3/c1-6-8(12)5-16(15-6)7(2)11-14-13-9(19-11)4-10(17)18-3/h5,7H,4H2,1-3H3. The smallest absolute Gasteiger partial charge is 0.315 e. The number of aryl methyl sites for hydroxylation is 1. The van der Waals surface area contributed by atoms with Gasteiger partial charge in [0.2, 0.25) is 11.8 Å². The van der Waals surface area contributed by atoms with Gasteiger partial charge < -0.3 is 9.15 Å². The van der Waals surface area contributed by atoms with Gasteiger partial charge in [-0.1, -0.05) is 0 Å². The van der Waals surface area contributed by atoms with Crippen molar-refractivity contribution in [3.63, 3.8) is 0 Å². The normalized spacial score (nSPS) is 12.4. The van der Waals surface area contributed by atoms with Crippen molar-refractivity contribution < 1.29 is 13.9 Å². The first-order valence-electron chi connectivity index (χ1n) is 5.61. The number of methoxy groups -OCH3 is 1. The summed E-state index contributed by atoms with van der Waals surface area (Å²) in [5, 5.41) is 12.1. The predicted octanol–water partition coefficient (Wildman–Crippen LogP) is 1.66. The average Bonchev–Trinajstić information content (AvgIpc) is 2.96. The second-order valence-electron chi connectivity index (χ2n) is 4.01. The van der Waals surface area contributed by atoms with E-state index in [0.29, 0.717) is 5.89 Å². The summed E-state index contributed by atoms with van der Waals surface area (Å²) in [6, 6.07) is -0.205. The Balaban J connectivity index is 2.15. The molecule has 7 nitrogen and oxygen atoms in total. The quantitative estimate of drug-likeness (QED) is 0.794. The third-order valence-corrected chi connectivity index (χ3v) is 3.40. The van der Waals surface area contributed by atoms with Gasteiger partial charge in [0, 0.05) is 6.20 Å². The fourth-order valence-corrected chi connectivity index (χ4v) is 1.76. The molecule has 0 saturated heterocycles. The van der Waals surface area contributed by atoms with Crippen molar-refractivity contribution in [1.82, 2.24) is 20.0 Å². The van der Waals surface area contributed by atoms with Crippen LogP contribution in [-0.4, -0.2) is 33.1 Å². The molecule has 0 aliphatic rings. The lowest BCUT2D eigenvalue weighted by Gasteiger charge is -2.06. The van der Waals surface area contributed by atoms with Gasteiger partial charge in [-0.2, -0.15) is 5.10 Å². The molecule has 0 aromatic carbocycles. The third kappa shape index (κ3) is 3.01. The highest BCUT2D eigenvalue weighted by Gasteiger charge is 2.19. The van der Waals surface area contributed by atoms with E-state index in [9.17, 15) is 4.79 Å². The predicted molar refractivity (Wildman–Crippen MR) is 68.5 cm³/mol. The lowest BCUT2D eigenvalue weighted by molar-refractivity contribution is -0.140. The second kappa shape index (κ2) is 5.52. The highest BCUT2D eigenvalue weighted by atomic mass is 79.9. The average molecular weight is 329 g/mol. The van der Waals surface area contributed by atoms with Crippen molar-refractivity contribution in [1.29, 1.82) is 0 Å². The minimum atomic E-state index is -0.416. The third-order valence-electron chi connectivity index (χ3n) is 2.62. The zero-order valence-corrected chi connectivity index (χ0v) is 12.3. The van der Waals surface area contributed by atoms with Crippen molar-refractivity contribution in [2.45, 2.75) is 26.3 Å². The summed E-state index contributed by atoms with van der Waals surface area (Å²) < 4.78 is 12.6. The van der Waals surface area contributed by atoms with Gasteiger partial charge in [0.25, 0.3) is 0 Å². The number of esters is 1. The van der Waals surface area contributed by atoms with Gasteiger partial charge in [0.1, 0.15) is 12.5 Å². The Morgan fingerprint density at radius 3 is 2.89 bits per heavy atom. The molecular weight excluding hydrogens is 316 g/mol. The van der Waals surface area contributed by atoms with Crippen LogP contribution in [0.5, 0.6) is 0 Å². The van der Waals surface area contributed by atoms with Crippen LogP contribution >= 0.6 is 15.9 Å². The van der Waals surface area contributed by atoms with Crippen LogP contribution in [0.25, 0.3) is 0 Å². The molecule has 1 unspecified atom stereocenters. The Morgan fingerprint density at radius 1 is 1.58 bits per heavy atom. The molecule has 0 fully saturated rings. The highest BCUT2D eigenvalue weighted by molar-refractivity contribution is 9.10. The molecule has 2 rings (SSSR count). The summed E-state index contributed by atoms with van der Waals surface area (Å²) in [6.07, 6.45) is 1.81. The number of ether oxygens (including phenoxy) is 1. The number of hydrogen-bond donors (Lipinski definition) is 0. The highest BCUT2D eigenvalue weighted by Crippen LogP contribution is 2.20. The Labute approximate surface area is 118 Å². The number of carbonyl (C=O) groups is 1. The zero-order chi connectivity index (χ0) is 14.0. The van der Waals surface area contributed by atoms with E-state index in [2.05, 4.69) is 36.0 Å². The van der Waals surface area contributed by atoms with Crippen molar-refractivity contribution >= 4 is 21.9 Å². The molecule has 0 aliphatic carbocycles.